The van der Waals surface area contributed by atoms with Crippen LogP contribution in [0.15, 0.2) is 49.1 Å². The molecule has 2 aromatic rings. The van der Waals surface area contributed by atoms with E-state index in [1.54, 1.807) is 0 Å². The number of rotatable bonds is 4. The first-order valence-electron chi connectivity index (χ1n) is 9.95. The minimum Gasteiger partial charge on any atom is -0.303 e. The molecule has 0 aliphatic carbocycles. The Kier molecular flexibility index (Phi) is 9.28. The summed E-state index contributed by atoms with van der Waals surface area (Å²) in [7, 11) is 0. The van der Waals surface area contributed by atoms with Crippen LogP contribution in [-0.2, 0) is 13.1 Å². The molecule has 28 heavy (non-hydrogen) atoms. The fourth-order valence-electron chi connectivity index (χ4n) is 3.13. The summed E-state index contributed by atoms with van der Waals surface area (Å²) >= 11 is 0. The normalized spacial score (nSPS) is 19.1. The highest BCUT2D eigenvalue weighted by Gasteiger charge is 2.08. The van der Waals surface area contributed by atoms with Gasteiger partial charge in [-0.05, 0) is 35.4 Å². The quantitative estimate of drug-likeness (QED) is 0.586. The van der Waals surface area contributed by atoms with Crippen molar-refractivity contribution in [3.63, 3.8) is 0 Å². The molecule has 1 saturated heterocycles. The van der Waals surface area contributed by atoms with Crippen molar-refractivity contribution in [1.29, 1.82) is 0 Å². The SMILES string of the molecule is c1cc(CN2CNCCNCN(Cc3ccncc3)CNCCNC2)ccn1. The highest BCUT2D eigenvalue weighted by atomic mass is 15.3. The number of pyridine rings is 2. The first-order chi connectivity index (χ1) is 13.9. The van der Waals surface area contributed by atoms with Gasteiger partial charge in [0.1, 0.15) is 0 Å². The van der Waals surface area contributed by atoms with Crippen LogP contribution in [0.3, 0.4) is 0 Å². The Morgan fingerprint density at radius 1 is 0.571 bits per heavy atom. The molecule has 1 aliphatic rings. The van der Waals surface area contributed by atoms with Crippen molar-refractivity contribution >= 4 is 0 Å². The van der Waals surface area contributed by atoms with Gasteiger partial charge in [0.2, 0.25) is 0 Å². The minimum absolute atomic E-state index is 0.852. The van der Waals surface area contributed by atoms with E-state index < -0.39 is 0 Å². The lowest BCUT2D eigenvalue weighted by molar-refractivity contribution is 0.206. The lowest BCUT2D eigenvalue weighted by Gasteiger charge is -2.26. The number of hydrogen-bond donors (Lipinski definition) is 4. The van der Waals surface area contributed by atoms with Crippen LogP contribution in [-0.4, -0.2) is 72.6 Å². The highest BCUT2D eigenvalue weighted by molar-refractivity contribution is 5.10. The summed E-state index contributed by atoms with van der Waals surface area (Å²) < 4.78 is 0. The molecule has 8 heteroatoms. The Hall–Kier alpha value is -1.94. The molecule has 3 rings (SSSR count). The first kappa shape index (κ1) is 20.8. The molecule has 0 radical (unpaired) electrons. The van der Waals surface area contributed by atoms with E-state index in [1.165, 1.54) is 11.1 Å². The molecule has 8 nitrogen and oxygen atoms in total. The lowest BCUT2D eigenvalue weighted by Crippen LogP contribution is -2.47. The van der Waals surface area contributed by atoms with E-state index in [0.717, 1.165) is 65.9 Å². The molecule has 4 N–H and O–H groups in total. The van der Waals surface area contributed by atoms with Crippen LogP contribution in [0.1, 0.15) is 11.1 Å². The van der Waals surface area contributed by atoms with Crippen molar-refractivity contribution in [3.05, 3.63) is 60.2 Å². The van der Waals surface area contributed by atoms with Crippen LogP contribution in [0.25, 0.3) is 0 Å². The third-order valence-electron chi connectivity index (χ3n) is 4.61. The van der Waals surface area contributed by atoms with Gasteiger partial charge in [-0.1, -0.05) is 0 Å². The van der Waals surface area contributed by atoms with Gasteiger partial charge in [-0.3, -0.25) is 19.8 Å². The van der Waals surface area contributed by atoms with Gasteiger partial charge < -0.3 is 21.3 Å². The maximum Gasteiger partial charge on any atom is 0.0496 e. The summed E-state index contributed by atoms with van der Waals surface area (Å²) in [5, 5.41) is 14.2. The number of nitrogens with one attached hydrogen (secondary N) is 4. The molecule has 0 bridgehead atoms. The van der Waals surface area contributed by atoms with Crippen LogP contribution in [0.5, 0.6) is 0 Å². The van der Waals surface area contributed by atoms with E-state index in [2.05, 4.69) is 65.3 Å². The minimum atomic E-state index is 0.852. The molecule has 0 spiro atoms. The van der Waals surface area contributed by atoms with Gasteiger partial charge in [0, 0.05) is 90.7 Å². The highest BCUT2D eigenvalue weighted by Crippen LogP contribution is 2.02. The number of nitrogens with zero attached hydrogens (tertiary/aromatic N) is 4. The average Bonchev–Trinajstić information content (AvgIpc) is 2.73. The van der Waals surface area contributed by atoms with Crippen molar-refractivity contribution in [2.75, 3.05) is 52.9 Å². The summed E-state index contributed by atoms with van der Waals surface area (Å²) in [4.78, 5) is 12.9. The average molecular weight is 385 g/mol. The molecule has 1 aliphatic heterocycles. The summed E-state index contributed by atoms with van der Waals surface area (Å²) in [5.74, 6) is 0. The Morgan fingerprint density at radius 3 is 1.21 bits per heavy atom. The monoisotopic (exact) mass is 384 g/mol. The predicted molar refractivity (Wildman–Crippen MR) is 111 cm³/mol. The fraction of sp³-hybridized carbons (Fsp3) is 0.500. The van der Waals surface area contributed by atoms with Crippen molar-refractivity contribution in [2.24, 2.45) is 0 Å². The van der Waals surface area contributed by atoms with Crippen molar-refractivity contribution in [1.82, 2.24) is 41.0 Å². The van der Waals surface area contributed by atoms with Gasteiger partial charge in [-0.15, -0.1) is 0 Å². The molecular formula is C20H32N8. The summed E-state index contributed by atoms with van der Waals surface area (Å²) in [5.41, 5.74) is 2.56. The molecule has 0 aromatic carbocycles. The van der Waals surface area contributed by atoms with E-state index >= 15 is 0 Å². The maximum absolute atomic E-state index is 4.10. The van der Waals surface area contributed by atoms with E-state index in [-0.39, 0.29) is 0 Å². The lowest BCUT2D eigenvalue weighted by atomic mass is 10.2. The third-order valence-corrected chi connectivity index (χ3v) is 4.61. The summed E-state index contributed by atoms with van der Waals surface area (Å²) in [6.45, 7) is 8.96. The second-order valence-electron chi connectivity index (χ2n) is 7.00. The number of hydrogen-bond acceptors (Lipinski definition) is 8. The second-order valence-corrected chi connectivity index (χ2v) is 7.00. The molecule has 0 amide bonds. The van der Waals surface area contributed by atoms with Gasteiger partial charge in [-0.25, -0.2) is 0 Å². The van der Waals surface area contributed by atoms with E-state index in [4.69, 9.17) is 0 Å². The molecule has 0 saturated carbocycles. The molecule has 3 heterocycles. The zero-order chi connectivity index (χ0) is 19.3. The van der Waals surface area contributed by atoms with Crippen molar-refractivity contribution in [2.45, 2.75) is 13.1 Å². The van der Waals surface area contributed by atoms with Crippen LogP contribution in [0, 0.1) is 0 Å². The van der Waals surface area contributed by atoms with Gasteiger partial charge >= 0.3 is 0 Å². The van der Waals surface area contributed by atoms with Crippen molar-refractivity contribution in [3.8, 4) is 0 Å². The predicted octanol–water partition coefficient (Wildman–Crippen LogP) is -0.0172. The third kappa shape index (κ3) is 7.97. The molecule has 152 valence electrons. The Morgan fingerprint density at radius 2 is 0.893 bits per heavy atom. The first-order valence-corrected chi connectivity index (χ1v) is 9.95. The van der Waals surface area contributed by atoms with Gasteiger partial charge in [0.05, 0.1) is 0 Å². The summed E-state index contributed by atoms with van der Waals surface area (Å²) in [6.07, 6.45) is 7.41. The van der Waals surface area contributed by atoms with Crippen LogP contribution in [0.4, 0.5) is 0 Å². The second kappa shape index (κ2) is 12.5. The largest absolute Gasteiger partial charge is 0.303 e. The van der Waals surface area contributed by atoms with E-state index in [0.29, 0.717) is 0 Å². The molecule has 2 aromatic heterocycles. The zero-order valence-corrected chi connectivity index (χ0v) is 16.5. The summed E-state index contributed by atoms with van der Waals surface area (Å²) in [6, 6.07) is 8.30. The Balaban J connectivity index is 1.45. The van der Waals surface area contributed by atoms with Crippen LogP contribution >= 0.6 is 0 Å². The van der Waals surface area contributed by atoms with Gasteiger partial charge in [-0.2, -0.15) is 0 Å². The smallest absolute Gasteiger partial charge is 0.0496 e. The van der Waals surface area contributed by atoms with E-state index in [9.17, 15) is 0 Å². The van der Waals surface area contributed by atoms with E-state index in [1.807, 2.05) is 24.8 Å². The molecule has 1 fully saturated rings. The van der Waals surface area contributed by atoms with Gasteiger partial charge in [0.25, 0.3) is 0 Å². The van der Waals surface area contributed by atoms with Crippen LogP contribution in [0.2, 0.25) is 0 Å². The maximum atomic E-state index is 4.10. The van der Waals surface area contributed by atoms with Gasteiger partial charge in [0.15, 0.2) is 0 Å². The van der Waals surface area contributed by atoms with Crippen LogP contribution < -0.4 is 21.3 Å². The topological polar surface area (TPSA) is 80.4 Å². The van der Waals surface area contributed by atoms with Crippen molar-refractivity contribution < 1.29 is 0 Å². The number of aromatic nitrogens is 2. The zero-order valence-electron chi connectivity index (χ0n) is 16.5. The Labute approximate surface area is 167 Å². The molecule has 0 atom stereocenters. The standard InChI is InChI=1S/C20H32N8/c1-5-21-6-2-19(1)13-27-15-23-9-11-25-17-28(18-26-12-10-24-16-27)14-20-3-7-22-8-4-20/h1-8,23-26H,9-18H2. The fourth-order valence-corrected chi connectivity index (χ4v) is 3.13. The Bertz CT molecular complexity index is 566. The molecular weight excluding hydrogens is 352 g/mol. The molecule has 0 unspecified atom stereocenters.